The number of likely N-dealkylation sites (tertiary alicyclic amines) is 1. The molecule has 3 aliphatic heterocycles. The Labute approximate surface area is 102 Å². The molecule has 5 heteroatoms. The predicted octanol–water partition coefficient (Wildman–Crippen LogP) is 0.409. The summed E-state index contributed by atoms with van der Waals surface area (Å²) in [5, 5.41) is 3.18. The van der Waals surface area contributed by atoms with E-state index in [1.807, 2.05) is 4.90 Å². The van der Waals surface area contributed by atoms with Crippen LogP contribution in [-0.4, -0.2) is 49.7 Å². The summed E-state index contributed by atoms with van der Waals surface area (Å²) >= 11 is 0. The Morgan fingerprint density at radius 3 is 2.81 bits per heavy atom. The molecular weight excluding hydrogens is 228 g/mol. The van der Waals surface area contributed by atoms with Crippen LogP contribution in [0.2, 0.25) is 0 Å². The van der Waals surface area contributed by atoms with Crippen molar-refractivity contribution in [2.24, 2.45) is 5.41 Å². The first kappa shape index (κ1) is 12.1. The molecule has 2 atom stereocenters. The fourth-order valence-corrected chi connectivity index (χ4v) is 2.81. The first-order valence-electron chi connectivity index (χ1n) is 5.89. The zero-order chi connectivity index (χ0) is 10.3. The maximum absolute atomic E-state index is 12.0. The molecule has 92 valence electrons. The highest BCUT2D eigenvalue weighted by atomic mass is 35.5. The summed E-state index contributed by atoms with van der Waals surface area (Å²) in [5.74, 6) is 0.310. The maximum Gasteiger partial charge on any atom is 0.239 e. The van der Waals surface area contributed by atoms with Crippen LogP contribution in [0.3, 0.4) is 0 Å². The van der Waals surface area contributed by atoms with Gasteiger partial charge in [-0.2, -0.15) is 0 Å². The van der Waals surface area contributed by atoms with Gasteiger partial charge < -0.3 is 15.0 Å². The third kappa shape index (κ3) is 1.94. The Kier molecular flexibility index (Phi) is 3.42. The van der Waals surface area contributed by atoms with Gasteiger partial charge in [0, 0.05) is 25.1 Å². The minimum Gasteiger partial charge on any atom is -0.381 e. The van der Waals surface area contributed by atoms with Crippen LogP contribution in [-0.2, 0) is 9.53 Å². The van der Waals surface area contributed by atoms with Crippen LogP contribution < -0.4 is 5.32 Å². The van der Waals surface area contributed by atoms with Gasteiger partial charge in [-0.15, -0.1) is 12.4 Å². The number of halogens is 1. The number of nitrogens with one attached hydrogen (secondary N) is 1. The molecule has 3 aliphatic rings. The molecule has 0 aromatic heterocycles. The van der Waals surface area contributed by atoms with Gasteiger partial charge >= 0.3 is 0 Å². The van der Waals surface area contributed by atoms with Gasteiger partial charge in [0.1, 0.15) is 0 Å². The number of hydrogen-bond acceptors (Lipinski definition) is 3. The molecule has 3 saturated heterocycles. The van der Waals surface area contributed by atoms with Crippen molar-refractivity contribution in [3.05, 3.63) is 0 Å². The van der Waals surface area contributed by atoms with Gasteiger partial charge in [-0.3, -0.25) is 4.79 Å². The SMILES string of the molecule is Cl.O=C([C@H]1CCN1)N1CCC2(CCOC2)C1. The first-order valence-corrected chi connectivity index (χ1v) is 5.89. The minimum absolute atomic E-state index is 0. The van der Waals surface area contributed by atoms with Crippen molar-refractivity contribution in [3.63, 3.8) is 0 Å². The lowest BCUT2D eigenvalue weighted by molar-refractivity contribution is -0.134. The third-order valence-corrected chi connectivity index (χ3v) is 4.06. The fourth-order valence-electron chi connectivity index (χ4n) is 2.81. The van der Waals surface area contributed by atoms with E-state index in [1.54, 1.807) is 0 Å². The molecule has 0 radical (unpaired) electrons. The van der Waals surface area contributed by atoms with Crippen LogP contribution in [0.5, 0.6) is 0 Å². The van der Waals surface area contributed by atoms with E-state index < -0.39 is 0 Å². The molecule has 0 bridgehead atoms. The Morgan fingerprint density at radius 1 is 1.44 bits per heavy atom. The highest BCUT2D eigenvalue weighted by molar-refractivity contribution is 5.85. The summed E-state index contributed by atoms with van der Waals surface area (Å²) in [5.41, 5.74) is 0.305. The van der Waals surface area contributed by atoms with Crippen LogP contribution in [0.4, 0.5) is 0 Å². The number of ether oxygens (including phenoxy) is 1. The fraction of sp³-hybridized carbons (Fsp3) is 0.909. The molecular formula is C11H19ClN2O2. The summed E-state index contributed by atoms with van der Waals surface area (Å²) in [6.45, 7) is 4.58. The van der Waals surface area contributed by atoms with E-state index in [0.29, 0.717) is 11.3 Å². The van der Waals surface area contributed by atoms with E-state index in [4.69, 9.17) is 4.74 Å². The van der Waals surface area contributed by atoms with E-state index in [1.165, 1.54) is 0 Å². The van der Waals surface area contributed by atoms with Gasteiger partial charge in [0.25, 0.3) is 0 Å². The van der Waals surface area contributed by atoms with Crippen LogP contribution in [0.15, 0.2) is 0 Å². The molecule has 16 heavy (non-hydrogen) atoms. The van der Waals surface area contributed by atoms with Crippen molar-refractivity contribution in [1.82, 2.24) is 10.2 Å². The lowest BCUT2D eigenvalue weighted by atomic mass is 9.87. The van der Waals surface area contributed by atoms with E-state index >= 15 is 0 Å². The maximum atomic E-state index is 12.0. The summed E-state index contributed by atoms with van der Waals surface area (Å²) < 4.78 is 5.46. The molecule has 3 heterocycles. The second-order valence-corrected chi connectivity index (χ2v) is 5.11. The summed E-state index contributed by atoms with van der Waals surface area (Å²) in [6, 6.07) is 0.113. The van der Waals surface area contributed by atoms with Crippen LogP contribution in [0, 0.1) is 5.41 Å². The Morgan fingerprint density at radius 2 is 2.25 bits per heavy atom. The topological polar surface area (TPSA) is 41.6 Å². The average molecular weight is 247 g/mol. The molecule has 3 rings (SSSR count). The van der Waals surface area contributed by atoms with Gasteiger partial charge in [-0.05, 0) is 25.8 Å². The number of hydrogen-bond donors (Lipinski definition) is 1. The van der Waals surface area contributed by atoms with Crippen molar-refractivity contribution >= 4 is 18.3 Å². The van der Waals surface area contributed by atoms with Crippen molar-refractivity contribution in [2.45, 2.75) is 25.3 Å². The summed E-state index contributed by atoms with van der Waals surface area (Å²) in [4.78, 5) is 14.0. The number of rotatable bonds is 1. The highest BCUT2D eigenvalue weighted by Crippen LogP contribution is 2.38. The quantitative estimate of drug-likeness (QED) is 0.729. The highest BCUT2D eigenvalue weighted by Gasteiger charge is 2.44. The Bertz CT molecular complexity index is 275. The second kappa shape index (κ2) is 4.51. The van der Waals surface area contributed by atoms with Gasteiger partial charge in [0.15, 0.2) is 0 Å². The van der Waals surface area contributed by atoms with Crippen LogP contribution in [0.1, 0.15) is 19.3 Å². The lowest BCUT2D eigenvalue weighted by Gasteiger charge is -2.31. The van der Waals surface area contributed by atoms with E-state index in [0.717, 1.165) is 52.1 Å². The molecule has 3 fully saturated rings. The van der Waals surface area contributed by atoms with Crippen molar-refractivity contribution < 1.29 is 9.53 Å². The molecule has 1 unspecified atom stereocenters. The standard InChI is InChI=1S/C11H18N2O2.ClH/c14-10(9-1-4-12-9)13-5-2-11(7-13)3-6-15-8-11;/h9,12H,1-8H2;1H/t9-,11?;/m1./s1. The van der Waals surface area contributed by atoms with Crippen LogP contribution >= 0.6 is 12.4 Å². The number of carbonyl (C=O) groups is 1. The van der Waals surface area contributed by atoms with Crippen molar-refractivity contribution in [2.75, 3.05) is 32.8 Å². The number of amides is 1. The Balaban J connectivity index is 0.000000963. The number of carbonyl (C=O) groups excluding carboxylic acids is 1. The van der Waals surface area contributed by atoms with E-state index in [-0.39, 0.29) is 18.4 Å². The largest absolute Gasteiger partial charge is 0.381 e. The molecule has 0 aliphatic carbocycles. The van der Waals surface area contributed by atoms with Gasteiger partial charge in [0.05, 0.1) is 12.6 Å². The molecule has 0 aromatic carbocycles. The Hall–Kier alpha value is -0.320. The summed E-state index contributed by atoms with van der Waals surface area (Å²) in [6.07, 6.45) is 3.28. The van der Waals surface area contributed by atoms with E-state index in [9.17, 15) is 4.79 Å². The normalized spacial score (nSPS) is 37.2. The molecule has 1 amide bonds. The minimum atomic E-state index is 0. The van der Waals surface area contributed by atoms with Gasteiger partial charge in [-0.1, -0.05) is 0 Å². The summed E-state index contributed by atoms with van der Waals surface area (Å²) in [7, 11) is 0. The second-order valence-electron chi connectivity index (χ2n) is 5.11. The molecule has 0 aromatic rings. The molecule has 1 spiro atoms. The molecule has 4 nitrogen and oxygen atoms in total. The van der Waals surface area contributed by atoms with E-state index in [2.05, 4.69) is 5.32 Å². The zero-order valence-electron chi connectivity index (χ0n) is 9.41. The molecule has 1 N–H and O–H groups in total. The monoisotopic (exact) mass is 246 g/mol. The first-order chi connectivity index (χ1) is 7.29. The third-order valence-electron chi connectivity index (χ3n) is 4.06. The zero-order valence-corrected chi connectivity index (χ0v) is 10.2. The predicted molar refractivity (Wildman–Crippen MR) is 62.7 cm³/mol. The van der Waals surface area contributed by atoms with Crippen molar-refractivity contribution in [3.8, 4) is 0 Å². The lowest BCUT2D eigenvalue weighted by Crippen LogP contribution is -2.54. The van der Waals surface area contributed by atoms with Crippen LogP contribution in [0.25, 0.3) is 0 Å². The molecule has 0 saturated carbocycles. The smallest absolute Gasteiger partial charge is 0.239 e. The number of nitrogens with zero attached hydrogens (tertiary/aromatic N) is 1. The van der Waals surface area contributed by atoms with Gasteiger partial charge in [-0.25, -0.2) is 0 Å². The van der Waals surface area contributed by atoms with Gasteiger partial charge in [0.2, 0.25) is 5.91 Å². The van der Waals surface area contributed by atoms with Crippen molar-refractivity contribution in [1.29, 1.82) is 0 Å². The average Bonchev–Trinajstić information content (AvgIpc) is 2.74.